The molecule has 256 valence electrons. The molecule has 0 aromatic heterocycles. The van der Waals surface area contributed by atoms with Crippen LogP contribution in [-0.4, -0.2) is 98.4 Å². The van der Waals surface area contributed by atoms with Gasteiger partial charge in [0.2, 0.25) is 0 Å². The number of hydrogen-bond acceptors (Lipinski definition) is 4. The molecule has 1 aliphatic carbocycles. The number of aromatic hydroxyl groups is 1. The fourth-order valence-electron chi connectivity index (χ4n) is 8.73. The number of rotatable bonds is 13. The second-order valence-corrected chi connectivity index (χ2v) is 16.0. The zero-order valence-corrected chi connectivity index (χ0v) is 30.4. The lowest BCUT2D eigenvalue weighted by atomic mass is 9.97. The van der Waals surface area contributed by atoms with Crippen molar-refractivity contribution < 1.29 is 5.11 Å². The normalized spacial score (nSPS) is 25.2. The molecule has 3 aliphatic heterocycles. The average Bonchev–Trinajstić information content (AvgIpc) is 3.65. The van der Waals surface area contributed by atoms with Gasteiger partial charge in [-0.3, -0.25) is 4.90 Å². The van der Waals surface area contributed by atoms with E-state index in [1.54, 1.807) is 0 Å². The van der Waals surface area contributed by atoms with Crippen LogP contribution in [-0.2, 0) is 12.8 Å². The van der Waals surface area contributed by atoms with E-state index in [0.29, 0.717) is 29.8 Å². The van der Waals surface area contributed by atoms with Gasteiger partial charge in [-0.25, -0.2) is 0 Å². The first kappa shape index (κ1) is 34.4. The Morgan fingerprint density at radius 3 is 2.28 bits per heavy atom. The summed E-state index contributed by atoms with van der Waals surface area (Å²) in [5.41, 5.74) is 2.64. The van der Waals surface area contributed by atoms with Crippen molar-refractivity contribution in [1.29, 1.82) is 0 Å². The molecule has 3 saturated heterocycles. The monoisotopic (exact) mass is 675 g/mol. The van der Waals surface area contributed by atoms with Crippen molar-refractivity contribution in [2.45, 2.75) is 109 Å². The molecule has 2 N–H and O–H groups in total. The number of likely N-dealkylation sites (tertiary alicyclic amines) is 1. The van der Waals surface area contributed by atoms with Gasteiger partial charge in [0.15, 0.2) is 10.2 Å². The minimum absolute atomic E-state index is 0.283. The van der Waals surface area contributed by atoms with E-state index in [9.17, 15) is 5.11 Å². The van der Waals surface area contributed by atoms with Gasteiger partial charge in [-0.15, -0.1) is 0 Å². The fourth-order valence-corrected chi connectivity index (χ4v) is 9.48. The molecule has 0 bridgehead atoms. The molecular formula is C39H57N5OS2. The molecule has 8 heteroatoms. The molecule has 47 heavy (non-hydrogen) atoms. The maximum absolute atomic E-state index is 10.0. The first-order valence-corrected chi connectivity index (χ1v) is 19.3. The van der Waals surface area contributed by atoms with Crippen LogP contribution in [0.5, 0.6) is 5.75 Å². The van der Waals surface area contributed by atoms with E-state index in [1.165, 1.54) is 68.9 Å². The van der Waals surface area contributed by atoms with Gasteiger partial charge in [-0.2, -0.15) is 0 Å². The van der Waals surface area contributed by atoms with Crippen molar-refractivity contribution >= 4 is 34.7 Å². The number of nitrogens with one attached hydrogen (secondary N) is 1. The molecule has 1 saturated carbocycles. The third-order valence-corrected chi connectivity index (χ3v) is 12.1. The molecule has 2 aromatic carbocycles. The van der Waals surface area contributed by atoms with E-state index >= 15 is 0 Å². The van der Waals surface area contributed by atoms with Gasteiger partial charge in [0.05, 0.1) is 6.04 Å². The predicted molar refractivity (Wildman–Crippen MR) is 202 cm³/mol. The quantitative estimate of drug-likeness (QED) is 0.177. The SMILES string of the molecule is CC(C)C[C@H]1CN([C@@H](Cc2ccc(O)cc2)CN2CCC[C@@H]2CN2C(=S)NC[C@@H]2Cc2ccccc2)C(=S)N1CC1CCCCCC1. The van der Waals surface area contributed by atoms with E-state index < -0.39 is 0 Å². The third-order valence-electron chi connectivity index (χ3n) is 11.2. The van der Waals surface area contributed by atoms with Crippen molar-refractivity contribution in [2.24, 2.45) is 11.8 Å². The molecule has 6 nitrogen and oxygen atoms in total. The van der Waals surface area contributed by atoms with Gasteiger partial charge in [0.1, 0.15) is 5.75 Å². The minimum atomic E-state index is 0.283. The topological polar surface area (TPSA) is 45.2 Å². The first-order chi connectivity index (χ1) is 22.8. The highest BCUT2D eigenvalue weighted by Gasteiger charge is 2.41. The maximum Gasteiger partial charge on any atom is 0.172 e. The Morgan fingerprint density at radius 2 is 1.55 bits per heavy atom. The summed E-state index contributed by atoms with van der Waals surface area (Å²) in [7, 11) is 0. The van der Waals surface area contributed by atoms with E-state index in [2.05, 4.69) is 81.2 Å². The molecule has 0 unspecified atom stereocenters. The van der Waals surface area contributed by atoms with Crippen molar-refractivity contribution in [1.82, 2.24) is 24.9 Å². The van der Waals surface area contributed by atoms with Gasteiger partial charge in [-0.1, -0.05) is 82.0 Å². The van der Waals surface area contributed by atoms with Crippen LogP contribution in [0, 0.1) is 11.8 Å². The van der Waals surface area contributed by atoms with E-state index in [1.807, 2.05) is 12.1 Å². The van der Waals surface area contributed by atoms with Crippen LogP contribution >= 0.6 is 24.4 Å². The van der Waals surface area contributed by atoms with E-state index in [0.717, 1.165) is 68.3 Å². The Balaban J connectivity index is 1.20. The molecule has 0 amide bonds. The smallest absolute Gasteiger partial charge is 0.172 e. The van der Waals surface area contributed by atoms with Crippen LogP contribution in [0.15, 0.2) is 54.6 Å². The van der Waals surface area contributed by atoms with Crippen LogP contribution in [0.1, 0.15) is 82.8 Å². The lowest BCUT2D eigenvalue weighted by Crippen LogP contribution is -2.51. The molecule has 3 heterocycles. The number of hydrogen-bond donors (Lipinski definition) is 2. The average molecular weight is 676 g/mol. The molecule has 4 aliphatic rings. The lowest BCUT2D eigenvalue weighted by Gasteiger charge is -2.37. The molecule has 2 aromatic rings. The second kappa shape index (κ2) is 16.3. The maximum atomic E-state index is 10.0. The largest absolute Gasteiger partial charge is 0.508 e. The Hall–Kier alpha value is -2.42. The van der Waals surface area contributed by atoms with E-state index in [4.69, 9.17) is 24.4 Å². The first-order valence-electron chi connectivity index (χ1n) is 18.5. The molecule has 4 fully saturated rings. The van der Waals surface area contributed by atoms with Gasteiger partial charge < -0.3 is 25.1 Å². The van der Waals surface area contributed by atoms with Crippen molar-refractivity contribution in [3.8, 4) is 5.75 Å². The van der Waals surface area contributed by atoms with Gasteiger partial charge in [0.25, 0.3) is 0 Å². The highest BCUT2D eigenvalue weighted by Crippen LogP contribution is 2.32. The standard InChI is InChI=1S/C39H57N5OS2/c1-29(2)21-35-28-44(39(47)43(35)25-32-13-6-3-4-7-14-32)36(23-31-16-18-37(45)19-17-31)26-41-20-10-15-33(41)27-42-34(24-40-38(42)46)22-30-11-8-5-9-12-30/h5,8-9,11-12,16-19,29,32-36,45H,3-4,6-7,10,13-15,20-28H2,1-2H3,(H,40,46)/t33-,34+,35+,36+/m1/s1. The fraction of sp³-hybridized carbons (Fsp3) is 0.641. The van der Waals surface area contributed by atoms with Crippen LogP contribution in [0.25, 0.3) is 0 Å². The predicted octanol–water partition coefficient (Wildman–Crippen LogP) is 6.86. The van der Waals surface area contributed by atoms with Crippen LogP contribution in [0.2, 0.25) is 0 Å². The Labute approximate surface area is 294 Å². The van der Waals surface area contributed by atoms with Crippen molar-refractivity contribution in [3.05, 3.63) is 65.7 Å². The number of benzene rings is 2. The zero-order valence-electron chi connectivity index (χ0n) is 28.7. The molecule has 4 atom stereocenters. The van der Waals surface area contributed by atoms with Crippen LogP contribution in [0.3, 0.4) is 0 Å². The molecule has 0 radical (unpaired) electrons. The van der Waals surface area contributed by atoms with Gasteiger partial charge in [-0.05, 0) is 111 Å². The molecule has 6 rings (SSSR count). The van der Waals surface area contributed by atoms with Crippen molar-refractivity contribution in [2.75, 3.05) is 39.3 Å². The lowest BCUT2D eigenvalue weighted by molar-refractivity contribution is 0.159. The summed E-state index contributed by atoms with van der Waals surface area (Å²) in [5, 5.41) is 15.5. The summed E-state index contributed by atoms with van der Waals surface area (Å²) in [6.07, 6.45) is 13.8. The number of thiocarbonyl (C=S) groups is 2. The Kier molecular flexibility index (Phi) is 12.0. The summed E-state index contributed by atoms with van der Waals surface area (Å²) >= 11 is 12.3. The highest BCUT2D eigenvalue weighted by atomic mass is 32.1. The van der Waals surface area contributed by atoms with Gasteiger partial charge >= 0.3 is 0 Å². The zero-order chi connectivity index (χ0) is 32.8. The summed E-state index contributed by atoms with van der Waals surface area (Å²) < 4.78 is 0. The summed E-state index contributed by atoms with van der Waals surface area (Å²) in [4.78, 5) is 10.5. The number of nitrogens with zero attached hydrogens (tertiary/aromatic N) is 4. The Bertz CT molecular complexity index is 1300. The van der Waals surface area contributed by atoms with Crippen molar-refractivity contribution in [3.63, 3.8) is 0 Å². The van der Waals surface area contributed by atoms with Crippen LogP contribution < -0.4 is 5.32 Å². The summed E-state index contributed by atoms with van der Waals surface area (Å²) in [6.45, 7) is 10.9. The summed E-state index contributed by atoms with van der Waals surface area (Å²) in [5.74, 6) is 1.72. The number of phenolic OH excluding ortho intramolecular Hbond substituents is 1. The molecule has 0 spiro atoms. The van der Waals surface area contributed by atoms with Crippen LogP contribution in [0.4, 0.5) is 0 Å². The third kappa shape index (κ3) is 8.98. The van der Waals surface area contributed by atoms with E-state index in [-0.39, 0.29) is 6.04 Å². The summed E-state index contributed by atoms with van der Waals surface area (Å²) in [6, 6.07) is 20.3. The highest BCUT2D eigenvalue weighted by molar-refractivity contribution is 7.80. The Morgan fingerprint density at radius 1 is 0.809 bits per heavy atom. The minimum Gasteiger partial charge on any atom is -0.508 e. The second-order valence-electron chi connectivity index (χ2n) is 15.2. The van der Waals surface area contributed by atoms with Gasteiger partial charge in [0, 0.05) is 50.8 Å². The molecular weight excluding hydrogens is 619 g/mol. The number of phenols is 1.